The van der Waals surface area contributed by atoms with Crippen LogP contribution in [0.5, 0.6) is 0 Å². The first-order chi connectivity index (χ1) is 14.8. The van der Waals surface area contributed by atoms with E-state index in [1.165, 1.54) is 28.6 Å². The second kappa shape index (κ2) is 12.4. The van der Waals surface area contributed by atoms with Crippen molar-refractivity contribution in [1.29, 1.82) is 0 Å². The summed E-state index contributed by atoms with van der Waals surface area (Å²) >= 11 is 0. The fraction of sp³-hybridized carbons (Fsp3) is 0.714. The average molecular weight is 458 g/mol. The number of likely N-dealkylation sites (N-methyl/N-ethyl adjacent to an activating group) is 1. The molecule has 0 bridgehead atoms. The van der Waals surface area contributed by atoms with Crippen LogP contribution >= 0.6 is 0 Å². The van der Waals surface area contributed by atoms with Crippen LogP contribution in [-0.4, -0.2) is 79.7 Å². The summed E-state index contributed by atoms with van der Waals surface area (Å²) in [5.74, 6) is 0. The lowest BCUT2D eigenvalue weighted by Crippen LogP contribution is -2.40. The lowest BCUT2D eigenvalue weighted by molar-refractivity contribution is -0.384. The highest BCUT2D eigenvalue weighted by molar-refractivity contribution is 7.89. The number of hydrogen-bond acceptors (Lipinski definition) is 7. The highest BCUT2D eigenvalue weighted by Gasteiger charge is 2.32. The van der Waals surface area contributed by atoms with E-state index in [0.717, 1.165) is 51.6 Å². The van der Waals surface area contributed by atoms with Gasteiger partial charge in [-0.2, -0.15) is 4.31 Å². The van der Waals surface area contributed by atoms with Gasteiger partial charge in [0.25, 0.3) is 5.69 Å². The molecule has 1 saturated carbocycles. The van der Waals surface area contributed by atoms with Gasteiger partial charge < -0.3 is 14.7 Å². The summed E-state index contributed by atoms with van der Waals surface area (Å²) in [6.45, 7) is 5.56. The Bertz CT molecular complexity index is 779. The molecule has 0 saturated heterocycles. The zero-order chi connectivity index (χ0) is 22.9. The molecule has 10 heteroatoms. The van der Waals surface area contributed by atoms with Gasteiger partial charge >= 0.3 is 0 Å². The van der Waals surface area contributed by atoms with Gasteiger partial charge in [-0.3, -0.25) is 10.1 Å². The van der Waals surface area contributed by atoms with Gasteiger partial charge in [0.2, 0.25) is 10.0 Å². The van der Waals surface area contributed by atoms with Gasteiger partial charge in [-0.05, 0) is 63.7 Å². The molecule has 1 fully saturated rings. The number of non-ortho nitro benzene ring substituents is 1. The number of hydrogen-bond donors (Lipinski definition) is 1. The number of nitro groups is 1. The van der Waals surface area contributed by atoms with Crippen LogP contribution in [0.25, 0.3) is 0 Å². The third kappa shape index (κ3) is 7.50. The summed E-state index contributed by atoms with van der Waals surface area (Å²) in [7, 11) is -2.11. The van der Waals surface area contributed by atoms with Gasteiger partial charge in [0.05, 0.1) is 22.5 Å². The number of benzene rings is 1. The fourth-order valence-electron chi connectivity index (χ4n) is 3.93. The van der Waals surface area contributed by atoms with E-state index in [0.29, 0.717) is 13.2 Å². The second-order valence-electron chi connectivity index (χ2n) is 7.94. The molecule has 0 heterocycles. The van der Waals surface area contributed by atoms with Crippen LogP contribution in [0.4, 0.5) is 5.69 Å². The lowest BCUT2D eigenvalue weighted by atomic mass is 9.93. The van der Waals surface area contributed by atoms with Crippen molar-refractivity contribution in [2.75, 3.05) is 39.9 Å². The number of ether oxygens (including phenoxy) is 1. The molecule has 1 aromatic rings. The van der Waals surface area contributed by atoms with Crippen molar-refractivity contribution in [2.24, 2.45) is 0 Å². The molecule has 1 N–H and O–H groups in total. The Balaban J connectivity index is 1.75. The first kappa shape index (κ1) is 25.7. The van der Waals surface area contributed by atoms with E-state index in [2.05, 4.69) is 11.8 Å². The molecule has 31 heavy (non-hydrogen) atoms. The molecular weight excluding hydrogens is 422 g/mol. The van der Waals surface area contributed by atoms with E-state index in [-0.39, 0.29) is 29.3 Å². The smallest absolute Gasteiger partial charge is 0.269 e. The maximum atomic E-state index is 12.9. The number of aliphatic hydroxyl groups is 1. The molecule has 1 aliphatic carbocycles. The number of nitro benzene ring substituents is 1. The molecule has 0 aromatic heterocycles. The van der Waals surface area contributed by atoms with Crippen LogP contribution in [0.15, 0.2) is 29.2 Å². The van der Waals surface area contributed by atoms with Crippen molar-refractivity contribution < 1.29 is 23.2 Å². The number of sulfonamides is 1. The first-order valence-corrected chi connectivity index (χ1v) is 12.4. The molecule has 0 atom stereocenters. The zero-order valence-electron chi connectivity index (χ0n) is 18.5. The number of unbranched alkanes of at least 4 members (excludes halogenated alkanes) is 1. The van der Waals surface area contributed by atoms with Crippen LogP contribution in [0.2, 0.25) is 0 Å². The Morgan fingerprint density at radius 3 is 2.32 bits per heavy atom. The molecule has 9 nitrogen and oxygen atoms in total. The van der Waals surface area contributed by atoms with E-state index in [1.54, 1.807) is 7.05 Å². The second-order valence-corrected chi connectivity index (χ2v) is 9.94. The minimum absolute atomic E-state index is 0.0706. The highest BCUT2D eigenvalue weighted by atomic mass is 32.2. The number of nitrogens with zero attached hydrogens (tertiary/aromatic N) is 3. The molecule has 0 radical (unpaired) electrons. The van der Waals surface area contributed by atoms with E-state index < -0.39 is 14.9 Å². The van der Waals surface area contributed by atoms with Gasteiger partial charge in [-0.15, -0.1) is 0 Å². The Morgan fingerprint density at radius 1 is 1.13 bits per heavy atom. The van der Waals surface area contributed by atoms with Crippen molar-refractivity contribution >= 4 is 15.7 Å². The minimum Gasteiger partial charge on any atom is -0.395 e. The van der Waals surface area contributed by atoms with E-state index in [4.69, 9.17) is 9.84 Å². The van der Waals surface area contributed by atoms with Gasteiger partial charge in [0, 0.05) is 38.4 Å². The summed E-state index contributed by atoms with van der Waals surface area (Å²) in [5, 5.41) is 19.8. The van der Waals surface area contributed by atoms with Crippen LogP contribution in [-0.2, 0) is 14.8 Å². The topological polar surface area (TPSA) is 113 Å². The predicted molar refractivity (Wildman–Crippen MR) is 118 cm³/mol. The standard InChI is InChI=1S/C21H35N3O6S/c1-3-23(15-16-25)14-4-5-17-30-20-10-6-18(7-11-20)22(2)31(28,29)21-12-8-19(9-13-21)24(26)27/h8-9,12-13,18,20,25H,3-7,10-11,14-17H2,1-2H3/t18-,20-. The number of aliphatic hydroxyl groups excluding tert-OH is 1. The normalized spacial score (nSPS) is 19.8. The van der Waals surface area contributed by atoms with Crippen LogP contribution in [0.3, 0.4) is 0 Å². The molecule has 2 rings (SSSR count). The molecule has 0 amide bonds. The predicted octanol–water partition coefficient (Wildman–Crippen LogP) is 2.64. The van der Waals surface area contributed by atoms with Crippen LogP contribution in [0.1, 0.15) is 45.4 Å². The molecule has 1 aromatic carbocycles. The highest BCUT2D eigenvalue weighted by Crippen LogP contribution is 2.29. The Labute approximate surface area is 185 Å². The third-order valence-electron chi connectivity index (χ3n) is 5.97. The van der Waals surface area contributed by atoms with Crippen molar-refractivity contribution in [2.45, 2.75) is 62.5 Å². The maximum absolute atomic E-state index is 12.9. The summed E-state index contributed by atoms with van der Waals surface area (Å²) < 4.78 is 33.1. The molecule has 1 aliphatic rings. The summed E-state index contributed by atoms with van der Waals surface area (Å²) in [6.07, 6.45) is 5.25. The fourth-order valence-corrected chi connectivity index (χ4v) is 5.35. The molecule has 0 spiro atoms. The molecule has 0 unspecified atom stereocenters. The van der Waals surface area contributed by atoms with Crippen molar-refractivity contribution in [3.8, 4) is 0 Å². The van der Waals surface area contributed by atoms with Crippen molar-refractivity contribution in [3.63, 3.8) is 0 Å². The minimum atomic E-state index is -3.69. The maximum Gasteiger partial charge on any atom is 0.269 e. The largest absolute Gasteiger partial charge is 0.395 e. The van der Waals surface area contributed by atoms with Crippen molar-refractivity contribution in [3.05, 3.63) is 34.4 Å². The molecule has 0 aliphatic heterocycles. The first-order valence-electron chi connectivity index (χ1n) is 11.0. The van der Waals surface area contributed by atoms with Crippen LogP contribution < -0.4 is 0 Å². The average Bonchev–Trinajstić information content (AvgIpc) is 2.78. The Morgan fingerprint density at radius 2 is 1.77 bits per heavy atom. The Hall–Kier alpha value is -1.59. The van der Waals surface area contributed by atoms with Gasteiger partial charge in [-0.1, -0.05) is 6.92 Å². The van der Waals surface area contributed by atoms with E-state index in [1.807, 2.05) is 0 Å². The third-order valence-corrected chi connectivity index (χ3v) is 7.89. The summed E-state index contributed by atoms with van der Waals surface area (Å²) in [5.41, 5.74) is -0.130. The molecule has 176 valence electrons. The van der Waals surface area contributed by atoms with Crippen molar-refractivity contribution in [1.82, 2.24) is 9.21 Å². The lowest BCUT2D eigenvalue weighted by Gasteiger charge is -2.34. The van der Waals surface area contributed by atoms with Crippen LogP contribution in [0, 0.1) is 10.1 Å². The number of rotatable bonds is 13. The van der Waals surface area contributed by atoms with Gasteiger partial charge in [-0.25, -0.2) is 8.42 Å². The van der Waals surface area contributed by atoms with Gasteiger partial charge in [0.15, 0.2) is 0 Å². The SMILES string of the molecule is CCN(CCO)CCCCO[C@H]1CC[C@H](N(C)S(=O)(=O)c2ccc([N+](=O)[O-])cc2)CC1. The summed E-state index contributed by atoms with van der Waals surface area (Å²) in [6, 6.07) is 4.92. The van der Waals surface area contributed by atoms with E-state index >= 15 is 0 Å². The Kier molecular flexibility index (Phi) is 10.3. The van der Waals surface area contributed by atoms with E-state index in [9.17, 15) is 18.5 Å². The molecular formula is C21H35N3O6S. The quantitative estimate of drug-likeness (QED) is 0.275. The zero-order valence-corrected chi connectivity index (χ0v) is 19.3. The van der Waals surface area contributed by atoms with Gasteiger partial charge in [0.1, 0.15) is 0 Å². The summed E-state index contributed by atoms with van der Waals surface area (Å²) in [4.78, 5) is 12.5. The monoisotopic (exact) mass is 457 g/mol.